The molecule has 1 heterocycles. The fourth-order valence-electron chi connectivity index (χ4n) is 4.24. The number of aliphatic hydroxyl groups is 2. The van der Waals surface area contributed by atoms with Crippen LogP contribution in [-0.4, -0.2) is 93.8 Å². The summed E-state index contributed by atoms with van der Waals surface area (Å²) in [6.07, 6.45) is 1.62. The molecule has 0 saturated heterocycles. The number of carboxylic acids is 1. The standard InChI is InChI=1S/C28H34N6O8/c29-12-24(37)31-20(10-16-6-2-1-3-7-16)25(38)33-22(14-35)27(40)32-21(26(39)34-23(15-36)28(41)42)11-17-13-30-19-9-5-4-8-18(17)19/h1-9,13,20-23,30,35-36H,10-12,14-15,29H2,(H,31,37)(H,32,40)(H,33,38)(H,34,39)(H,41,42)/t20-,21-,22-,23-/m0/s1. The second-order valence-electron chi connectivity index (χ2n) is 9.46. The topological polar surface area (TPSA) is 236 Å². The molecule has 14 heteroatoms. The number of hydrogen-bond acceptors (Lipinski definition) is 8. The smallest absolute Gasteiger partial charge is 0.328 e. The Morgan fingerprint density at radius 1 is 0.714 bits per heavy atom. The molecule has 0 aliphatic heterocycles. The molecular weight excluding hydrogens is 548 g/mol. The van der Waals surface area contributed by atoms with Crippen LogP contribution >= 0.6 is 0 Å². The Labute approximate surface area is 240 Å². The number of carboxylic acid groups (broad SMARTS) is 1. The van der Waals surface area contributed by atoms with E-state index in [1.54, 1.807) is 48.7 Å². The van der Waals surface area contributed by atoms with E-state index in [2.05, 4.69) is 26.3 Å². The molecule has 4 amide bonds. The molecule has 0 saturated carbocycles. The summed E-state index contributed by atoms with van der Waals surface area (Å²) in [4.78, 5) is 65.8. The maximum absolute atomic E-state index is 13.2. The van der Waals surface area contributed by atoms with Crippen molar-refractivity contribution in [3.8, 4) is 0 Å². The summed E-state index contributed by atoms with van der Waals surface area (Å²) in [5, 5.41) is 38.9. The van der Waals surface area contributed by atoms with Gasteiger partial charge in [0, 0.05) is 29.9 Å². The fourth-order valence-corrected chi connectivity index (χ4v) is 4.24. The van der Waals surface area contributed by atoms with E-state index in [1.165, 1.54) is 0 Å². The molecule has 0 fully saturated rings. The quantitative estimate of drug-likeness (QED) is 0.0955. The molecule has 0 aliphatic rings. The van der Waals surface area contributed by atoms with Crippen LogP contribution < -0.4 is 27.0 Å². The van der Waals surface area contributed by atoms with Gasteiger partial charge in [0.2, 0.25) is 23.6 Å². The van der Waals surface area contributed by atoms with E-state index in [9.17, 15) is 39.3 Å². The normalized spacial score (nSPS) is 13.8. The highest BCUT2D eigenvalue weighted by molar-refractivity contribution is 5.96. The summed E-state index contributed by atoms with van der Waals surface area (Å²) in [5.41, 5.74) is 7.49. The molecule has 3 rings (SSSR count). The summed E-state index contributed by atoms with van der Waals surface area (Å²) >= 11 is 0. The van der Waals surface area contributed by atoms with Crippen molar-refractivity contribution in [3.63, 3.8) is 0 Å². The number of aromatic amines is 1. The summed E-state index contributed by atoms with van der Waals surface area (Å²) in [6.45, 7) is -2.12. The predicted molar refractivity (Wildman–Crippen MR) is 151 cm³/mol. The van der Waals surface area contributed by atoms with Gasteiger partial charge in [-0.3, -0.25) is 19.2 Å². The lowest BCUT2D eigenvalue weighted by atomic mass is 10.0. The number of aromatic nitrogens is 1. The molecule has 0 spiro atoms. The lowest BCUT2D eigenvalue weighted by Crippen LogP contribution is -2.59. The third-order valence-corrected chi connectivity index (χ3v) is 6.46. The number of nitrogens with two attached hydrogens (primary N) is 1. The number of carbonyl (C=O) groups is 5. The van der Waals surface area contributed by atoms with Gasteiger partial charge in [-0.2, -0.15) is 0 Å². The Hall–Kier alpha value is -4.79. The van der Waals surface area contributed by atoms with Gasteiger partial charge in [-0.05, 0) is 17.2 Å². The third-order valence-electron chi connectivity index (χ3n) is 6.46. The van der Waals surface area contributed by atoms with Gasteiger partial charge in [-0.25, -0.2) is 4.79 Å². The van der Waals surface area contributed by atoms with E-state index >= 15 is 0 Å². The second kappa shape index (κ2) is 15.3. The van der Waals surface area contributed by atoms with Crippen LogP contribution in [0.4, 0.5) is 0 Å². The van der Waals surface area contributed by atoms with E-state index < -0.39 is 67.0 Å². The number of para-hydroxylation sites is 1. The van der Waals surface area contributed by atoms with Crippen molar-refractivity contribution in [2.24, 2.45) is 5.73 Å². The number of hydrogen-bond donors (Lipinski definition) is 9. The number of amides is 4. The van der Waals surface area contributed by atoms with E-state index in [4.69, 9.17) is 5.73 Å². The van der Waals surface area contributed by atoms with Crippen LogP contribution in [0.15, 0.2) is 60.8 Å². The fraction of sp³-hybridized carbons (Fsp3) is 0.321. The summed E-state index contributed by atoms with van der Waals surface area (Å²) in [6, 6.07) is 10.3. The molecule has 2 aromatic carbocycles. The highest BCUT2D eigenvalue weighted by Crippen LogP contribution is 2.19. The van der Waals surface area contributed by atoms with Crippen LogP contribution in [0.25, 0.3) is 10.9 Å². The Bertz CT molecular complexity index is 1400. The largest absolute Gasteiger partial charge is 0.480 e. The second-order valence-corrected chi connectivity index (χ2v) is 9.46. The molecule has 0 bridgehead atoms. The Morgan fingerprint density at radius 2 is 1.26 bits per heavy atom. The molecule has 0 aliphatic carbocycles. The SMILES string of the molecule is NCC(=O)N[C@@H](Cc1ccccc1)C(=O)N[C@@H](CO)C(=O)N[C@@H](Cc1c[nH]c2ccccc12)C(=O)N[C@@H](CO)C(=O)O. The molecular formula is C28H34N6O8. The number of benzene rings is 2. The predicted octanol–water partition coefficient (Wildman–Crippen LogP) is -2.08. The molecule has 4 atom stereocenters. The Morgan fingerprint density at radius 3 is 1.88 bits per heavy atom. The van der Waals surface area contributed by atoms with Gasteiger partial charge in [0.15, 0.2) is 0 Å². The van der Waals surface area contributed by atoms with Crippen molar-refractivity contribution in [1.29, 1.82) is 0 Å². The molecule has 224 valence electrons. The minimum atomic E-state index is -1.63. The van der Waals surface area contributed by atoms with Crippen LogP contribution in [0.5, 0.6) is 0 Å². The van der Waals surface area contributed by atoms with Crippen molar-refractivity contribution in [3.05, 3.63) is 71.9 Å². The lowest BCUT2D eigenvalue weighted by molar-refractivity contribution is -0.143. The van der Waals surface area contributed by atoms with Crippen molar-refractivity contribution in [2.75, 3.05) is 19.8 Å². The van der Waals surface area contributed by atoms with Gasteiger partial charge in [-0.15, -0.1) is 0 Å². The van der Waals surface area contributed by atoms with Crippen molar-refractivity contribution < 1.29 is 39.3 Å². The Balaban J connectivity index is 1.79. The first-order valence-corrected chi connectivity index (χ1v) is 13.1. The summed E-state index contributed by atoms with van der Waals surface area (Å²) < 4.78 is 0. The maximum Gasteiger partial charge on any atom is 0.328 e. The average Bonchev–Trinajstić information content (AvgIpc) is 3.40. The van der Waals surface area contributed by atoms with E-state index in [1.807, 2.05) is 12.1 Å². The minimum absolute atomic E-state index is 0.0709. The lowest BCUT2D eigenvalue weighted by Gasteiger charge is -2.25. The maximum atomic E-state index is 13.2. The van der Waals surface area contributed by atoms with Gasteiger partial charge < -0.3 is 47.3 Å². The van der Waals surface area contributed by atoms with Crippen molar-refractivity contribution >= 4 is 40.5 Å². The summed E-state index contributed by atoms with van der Waals surface area (Å²) in [7, 11) is 0. The number of rotatable bonds is 15. The van der Waals surface area contributed by atoms with E-state index in [-0.39, 0.29) is 19.4 Å². The van der Waals surface area contributed by atoms with Crippen molar-refractivity contribution in [1.82, 2.24) is 26.3 Å². The molecule has 0 unspecified atom stereocenters. The zero-order valence-corrected chi connectivity index (χ0v) is 22.6. The van der Waals surface area contributed by atoms with E-state index in [0.29, 0.717) is 11.1 Å². The number of nitrogens with one attached hydrogen (secondary N) is 5. The molecule has 42 heavy (non-hydrogen) atoms. The van der Waals surface area contributed by atoms with Crippen LogP contribution in [0.1, 0.15) is 11.1 Å². The zero-order chi connectivity index (χ0) is 30.6. The first-order chi connectivity index (χ1) is 20.2. The van der Waals surface area contributed by atoms with E-state index in [0.717, 1.165) is 10.9 Å². The molecule has 14 nitrogen and oxygen atoms in total. The van der Waals surface area contributed by atoms with Crippen LogP contribution in [0, 0.1) is 0 Å². The van der Waals surface area contributed by atoms with Gasteiger partial charge in [0.25, 0.3) is 0 Å². The molecule has 3 aromatic rings. The van der Waals surface area contributed by atoms with Crippen LogP contribution in [0.2, 0.25) is 0 Å². The molecule has 1 aromatic heterocycles. The first-order valence-electron chi connectivity index (χ1n) is 13.1. The number of H-pyrrole nitrogens is 1. The van der Waals surface area contributed by atoms with Crippen LogP contribution in [-0.2, 0) is 36.8 Å². The number of carbonyl (C=O) groups excluding carboxylic acids is 4. The summed E-state index contributed by atoms with van der Waals surface area (Å²) in [5.74, 6) is -4.71. The molecule has 0 radical (unpaired) electrons. The number of aliphatic hydroxyl groups excluding tert-OH is 2. The van der Waals surface area contributed by atoms with Gasteiger partial charge in [0.05, 0.1) is 19.8 Å². The van der Waals surface area contributed by atoms with Gasteiger partial charge in [-0.1, -0.05) is 48.5 Å². The third kappa shape index (κ3) is 8.60. The van der Waals surface area contributed by atoms with Crippen molar-refractivity contribution in [2.45, 2.75) is 37.0 Å². The zero-order valence-electron chi connectivity index (χ0n) is 22.6. The Kier molecular flexibility index (Phi) is 11.5. The minimum Gasteiger partial charge on any atom is -0.480 e. The monoisotopic (exact) mass is 582 g/mol. The average molecular weight is 583 g/mol. The molecule has 10 N–H and O–H groups in total. The number of aliphatic carboxylic acids is 1. The van der Waals surface area contributed by atoms with Gasteiger partial charge >= 0.3 is 5.97 Å². The highest BCUT2D eigenvalue weighted by atomic mass is 16.4. The van der Waals surface area contributed by atoms with Gasteiger partial charge in [0.1, 0.15) is 24.2 Å². The number of fused-ring (bicyclic) bond motifs is 1. The first kappa shape index (κ1) is 31.7. The highest BCUT2D eigenvalue weighted by Gasteiger charge is 2.31. The van der Waals surface area contributed by atoms with Crippen LogP contribution in [0.3, 0.4) is 0 Å².